The molecular weight excluding hydrogens is 412 g/mol. The lowest BCUT2D eigenvalue weighted by atomic mass is 10.0. The first kappa shape index (κ1) is 19.2. The van der Waals surface area contributed by atoms with Crippen LogP contribution in [0.15, 0.2) is 47.6 Å². The third-order valence-electron chi connectivity index (χ3n) is 4.01. The molecule has 156 valence electrons. The lowest BCUT2D eigenvalue weighted by Gasteiger charge is -2.08. The van der Waals surface area contributed by atoms with Crippen LogP contribution in [0, 0.1) is 0 Å². The predicted octanol–water partition coefficient (Wildman–Crippen LogP) is -1.13. The van der Waals surface area contributed by atoms with Crippen LogP contribution >= 0.6 is 0 Å². The van der Waals surface area contributed by atoms with Crippen LogP contribution in [0.25, 0.3) is 22.5 Å². The van der Waals surface area contributed by atoms with Gasteiger partial charge in [0.2, 0.25) is 0 Å². The lowest BCUT2D eigenvalue weighted by molar-refractivity contribution is 0.894. The molecule has 0 bridgehead atoms. The Labute approximate surface area is 168 Å². The van der Waals surface area contributed by atoms with Gasteiger partial charge in [0.05, 0.1) is 0 Å². The van der Waals surface area contributed by atoms with Gasteiger partial charge >= 0.3 is 11.4 Å². The minimum Gasteiger partial charge on any atom is -0.382 e. The fraction of sp³-hybridized carbons (Fsp3) is 0. The fourth-order valence-corrected chi connectivity index (χ4v) is 2.66. The van der Waals surface area contributed by atoms with Crippen LogP contribution in [0.5, 0.6) is 0 Å². The van der Waals surface area contributed by atoms with Crippen molar-refractivity contribution in [2.24, 2.45) is 10.2 Å². The number of nitrogens with one attached hydrogen (secondary N) is 5. The van der Waals surface area contributed by atoms with Crippen molar-refractivity contribution in [3.8, 4) is 22.5 Å². The average Bonchev–Trinajstić information content (AvgIpc) is 3.04. The molecule has 0 saturated heterocycles. The Morgan fingerprint density at radius 3 is 1.68 bits per heavy atom. The zero-order chi connectivity index (χ0) is 22.1. The van der Waals surface area contributed by atoms with Gasteiger partial charge in [-0.2, -0.15) is 15.3 Å². The number of nitrogen functional groups attached to an aromatic ring is 2. The van der Waals surface area contributed by atoms with Crippen molar-refractivity contribution >= 4 is 23.0 Å². The zero-order valence-electron chi connectivity index (χ0n) is 15.3. The second kappa shape index (κ2) is 7.35. The van der Waals surface area contributed by atoms with E-state index in [-0.39, 0.29) is 45.5 Å². The average molecular weight is 424 g/mol. The van der Waals surface area contributed by atoms with Gasteiger partial charge in [0.1, 0.15) is 11.5 Å². The molecule has 0 aliphatic carbocycles. The SMILES string of the molecule is Nc1n[nH]c(N)c1N=Nc1c(-c2n[nH]c(=O)[nH]c2=O)cccc1-c1n[nH]c(=O)[nH]c1=O. The first-order valence-corrected chi connectivity index (χ1v) is 8.38. The molecule has 1 aromatic carbocycles. The number of hydrogen-bond donors (Lipinski definition) is 7. The molecule has 31 heavy (non-hydrogen) atoms. The third kappa shape index (κ3) is 3.50. The third-order valence-corrected chi connectivity index (χ3v) is 4.01. The van der Waals surface area contributed by atoms with E-state index in [4.69, 9.17) is 11.5 Å². The standard InChI is InChI=1S/C15H12N12O4/c16-10-9(11(17)25-24-10)23-20-6-4(7-12(28)18-14(30)26-21-7)2-1-3-5(6)8-13(29)19-15(31)27-22-8/h1-3H,(H5,16,17,24,25)(H2,18,26,28,30)(H2,19,27,29,31). The molecule has 3 aromatic heterocycles. The summed E-state index contributed by atoms with van der Waals surface area (Å²) in [6.07, 6.45) is 0. The van der Waals surface area contributed by atoms with Gasteiger partial charge in [-0.15, -0.1) is 10.2 Å². The number of aromatic amines is 5. The summed E-state index contributed by atoms with van der Waals surface area (Å²) in [4.78, 5) is 51.4. The summed E-state index contributed by atoms with van der Waals surface area (Å²) in [7, 11) is 0. The van der Waals surface area contributed by atoms with Gasteiger partial charge in [0.25, 0.3) is 11.1 Å². The highest BCUT2D eigenvalue weighted by Gasteiger charge is 2.19. The second-order valence-corrected chi connectivity index (χ2v) is 5.98. The molecule has 0 atom stereocenters. The van der Waals surface area contributed by atoms with E-state index in [1.807, 2.05) is 9.97 Å². The summed E-state index contributed by atoms with van der Waals surface area (Å²) in [5.41, 5.74) is 7.87. The Bertz CT molecular complexity index is 1450. The van der Waals surface area contributed by atoms with E-state index in [0.717, 1.165) is 0 Å². The topological polar surface area (TPSA) is 263 Å². The fourth-order valence-electron chi connectivity index (χ4n) is 2.66. The van der Waals surface area contributed by atoms with E-state index in [1.54, 1.807) is 0 Å². The highest BCUT2D eigenvalue weighted by atomic mass is 16.2. The minimum absolute atomic E-state index is 0.0208. The van der Waals surface area contributed by atoms with Gasteiger partial charge in [-0.25, -0.2) is 19.8 Å². The number of aromatic nitrogens is 8. The van der Waals surface area contributed by atoms with Crippen molar-refractivity contribution in [3.05, 3.63) is 59.9 Å². The van der Waals surface area contributed by atoms with Gasteiger partial charge < -0.3 is 11.5 Å². The Morgan fingerprint density at radius 2 is 1.23 bits per heavy atom. The molecule has 0 unspecified atom stereocenters. The minimum atomic E-state index is -0.817. The maximum Gasteiger partial charge on any atom is 0.342 e. The Hall–Kier alpha value is -5.15. The first-order valence-electron chi connectivity index (χ1n) is 8.38. The molecule has 9 N–H and O–H groups in total. The number of H-pyrrole nitrogens is 5. The van der Waals surface area contributed by atoms with Crippen LogP contribution in [-0.2, 0) is 0 Å². The molecule has 16 heteroatoms. The molecule has 0 saturated carbocycles. The summed E-state index contributed by atoms with van der Waals surface area (Å²) in [5.74, 6) is -0.0133. The maximum atomic E-state index is 12.3. The van der Waals surface area contributed by atoms with Crippen LogP contribution in [0.3, 0.4) is 0 Å². The summed E-state index contributed by atoms with van der Waals surface area (Å²) >= 11 is 0. The van der Waals surface area contributed by atoms with Crippen LogP contribution in [0.4, 0.5) is 23.0 Å². The van der Waals surface area contributed by atoms with Gasteiger partial charge in [-0.1, -0.05) is 18.2 Å². The molecule has 0 fully saturated rings. The van der Waals surface area contributed by atoms with Crippen molar-refractivity contribution in [1.82, 2.24) is 40.6 Å². The summed E-state index contributed by atoms with van der Waals surface area (Å²) in [5, 5.41) is 25.9. The molecule has 0 spiro atoms. The monoisotopic (exact) mass is 424 g/mol. The maximum absolute atomic E-state index is 12.3. The number of nitrogens with zero attached hydrogens (tertiary/aromatic N) is 5. The molecule has 0 aliphatic rings. The van der Waals surface area contributed by atoms with E-state index in [9.17, 15) is 19.2 Å². The van der Waals surface area contributed by atoms with Crippen LogP contribution < -0.4 is 34.0 Å². The van der Waals surface area contributed by atoms with Crippen molar-refractivity contribution in [3.63, 3.8) is 0 Å². The van der Waals surface area contributed by atoms with Crippen LogP contribution in [0.1, 0.15) is 0 Å². The number of rotatable bonds is 4. The predicted molar refractivity (Wildman–Crippen MR) is 107 cm³/mol. The second-order valence-electron chi connectivity index (χ2n) is 5.98. The van der Waals surface area contributed by atoms with E-state index in [0.29, 0.717) is 0 Å². The molecule has 0 amide bonds. The van der Waals surface area contributed by atoms with Crippen molar-refractivity contribution in [1.29, 1.82) is 0 Å². The highest BCUT2D eigenvalue weighted by molar-refractivity contribution is 5.85. The van der Waals surface area contributed by atoms with Gasteiger partial charge in [-0.05, 0) is 0 Å². The largest absolute Gasteiger partial charge is 0.382 e. The number of benzene rings is 1. The number of hydrogen-bond acceptors (Lipinski definition) is 11. The van der Waals surface area contributed by atoms with Crippen LogP contribution in [-0.4, -0.2) is 40.6 Å². The van der Waals surface area contributed by atoms with E-state index < -0.39 is 22.5 Å². The summed E-state index contributed by atoms with van der Waals surface area (Å²) in [6.45, 7) is 0. The van der Waals surface area contributed by atoms with E-state index in [1.165, 1.54) is 18.2 Å². The Balaban J connectivity index is 2.02. The molecule has 4 rings (SSSR count). The van der Waals surface area contributed by atoms with Crippen molar-refractivity contribution < 1.29 is 0 Å². The quantitative estimate of drug-likeness (QED) is 0.195. The summed E-state index contributed by atoms with van der Waals surface area (Å²) in [6, 6.07) is 4.40. The van der Waals surface area contributed by atoms with E-state index in [2.05, 4.69) is 40.8 Å². The lowest BCUT2D eigenvalue weighted by Crippen LogP contribution is -2.26. The molecule has 4 aromatic rings. The van der Waals surface area contributed by atoms with E-state index >= 15 is 0 Å². The zero-order valence-corrected chi connectivity index (χ0v) is 15.3. The molecule has 0 aliphatic heterocycles. The Morgan fingerprint density at radius 1 is 0.710 bits per heavy atom. The molecule has 3 heterocycles. The van der Waals surface area contributed by atoms with Gasteiger partial charge in [0, 0.05) is 11.1 Å². The number of nitrogens with two attached hydrogens (primary N) is 2. The Kier molecular flexibility index (Phi) is 4.55. The molecule has 16 nitrogen and oxygen atoms in total. The highest BCUT2D eigenvalue weighted by Crippen LogP contribution is 2.37. The smallest absolute Gasteiger partial charge is 0.342 e. The summed E-state index contributed by atoms with van der Waals surface area (Å²) < 4.78 is 0. The number of anilines is 2. The van der Waals surface area contributed by atoms with Gasteiger partial charge in [0.15, 0.2) is 22.9 Å². The van der Waals surface area contributed by atoms with Crippen molar-refractivity contribution in [2.75, 3.05) is 11.5 Å². The normalized spacial score (nSPS) is 11.2. The van der Waals surface area contributed by atoms with Crippen LogP contribution in [0.2, 0.25) is 0 Å². The first-order chi connectivity index (χ1) is 14.8. The number of azo groups is 1. The molecule has 0 radical (unpaired) electrons. The van der Waals surface area contributed by atoms with Gasteiger partial charge in [-0.3, -0.25) is 24.7 Å². The molecular formula is C15H12N12O4. The van der Waals surface area contributed by atoms with Crippen molar-refractivity contribution in [2.45, 2.75) is 0 Å².